The number of aromatic nitrogens is 1. The number of benzene rings is 1. The summed E-state index contributed by atoms with van der Waals surface area (Å²) >= 11 is 0. The van der Waals surface area contributed by atoms with Crippen molar-refractivity contribution in [2.45, 2.75) is 18.9 Å². The second-order valence-corrected chi connectivity index (χ2v) is 5.06. The molecule has 1 fully saturated rings. The molecule has 2 aromatic rings. The van der Waals surface area contributed by atoms with Crippen LogP contribution < -0.4 is 10.6 Å². The van der Waals surface area contributed by atoms with Crippen LogP contribution in [-0.2, 0) is 9.53 Å². The highest BCUT2D eigenvalue weighted by molar-refractivity contribution is 5.94. The van der Waals surface area contributed by atoms with Crippen molar-refractivity contribution in [3.63, 3.8) is 0 Å². The van der Waals surface area contributed by atoms with Gasteiger partial charge in [-0.3, -0.25) is 4.79 Å². The van der Waals surface area contributed by atoms with E-state index < -0.39 is 0 Å². The molecule has 0 spiro atoms. The van der Waals surface area contributed by atoms with E-state index in [0.717, 1.165) is 12.8 Å². The van der Waals surface area contributed by atoms with Gasteiger partial charge in [0.1, 0.15) is 17.7 Å². The van der Waals surface area contributed by atoms with Crippen molar-refractivity contribution >= 4 is 23.1 Å². The fourth-order valence-corrected chi connectivity index (χ4v) is 2.26. The van der Waals surface area contributed by atoms with E-state index >= 15 is 0 Å². The number of carbonyl (C=O) groups excluding carboxylic acids is 1. The summed E-state index contributed by atoms with van der Waals surface area (Å²) in [7, 11) is 0. The number of amides is 1. The van der Waals surface area contributed by atoms with Crippen molar-refractivity contribution in [2.75, 3.05) is 17.2 Å². The van der Waals surface area contributed by atoms with E-state index in [4.69, 9.17) is 4.74 Å². The van der Waals surface area contributed by atoms with E-state index in [2.05, 4.69) is 15.6 Å². The zero-order chi connectivity index (χ0) is 15.4. The molecule has 0 aliphatic carbocycles. The molecule has 1 aliphatic rings. The molecule has 1 unspecified atom stereocenters. The third-order valence-electron chi connectivity index (χ3n) is 3.35. The molecule has 1 amide bonds. The van der Waals surface area contributed by atoms with Crippen LogP contribution in [-0.4, -0.2) is 23.6 Å². The van der Waals surface area contributed by atoms with E-state index in [1.54, 1.807) is 30.5 Å². The first kappa shape index (κ1) is 14.5. The van der Waals surface area contributed by atoms with E-state index in [1.165, 1.54) is 12.1 Å². The van der Waals surface area contributed by atoms with Crippen LogP contribution in [0.3, 0.4) is 0 Å². The molecule has 2 heterocycles. The number of hydrogen-bond donors (Lipinski definition) is 2. The van der Waals surface area contributed by atoms with Gasteiger partial charge in [0.25, 0.3) is 5.91 Å². The molecule has 6 heteroatoms. The number of ether oxygens (including phenoxy) is 1. The van der Waals surface area contributed by atoms with Crippen LogP contribution in [0.25, 0.3) is 0 Å². The van der Waals surface area contributed by atoms with Gasteiger partial charge in [-0.05, 0) is 43.2 Å². The summed E-state index contributed by atoms with van der Waals surface area (Å²) in [5, 5.41) is 5.76. The number of nitrogens with one attached hydrogen (secondary N) is 2. The highest BCUT2D eigenvalue weighted by atomic mass is 19.1. The summed E-state index contributed by atoms with van der Waals surface area (Å²) in [6, 6.07) is 9.58. The fourth-order valence-electron chi connectivity index (χ4n) is 2.26. The van der Waals surface area contributed by atoms with Gasteiger partial charge in [-0.25, -0.2) is 9.37 Å². The van der Waals surface area contributed by atoms with Crippen LogP contribution in [0, 0.1) is 5.82 Å². The summed E-state index contributed by atoms with van der Waals surface area (Å²) in [4.78, 5) is 16.1. The molecule has 22 heavy (non-hydrogen) atoms. The van der Waals surface area contributed by atoms with Crippen molar-refractivity contribution in [1.82, 2.24) is 4.98 Å². The molecule has 1 saturated heterocycles. The van der Waals surface area contributed by atoms with Gasteiger partial charge in [0.15, 0.2) is 0 Å². The standard InChI is InChI=1S/C16H16FN3O2/c17-11-3-1-4-12(9-11)19-15-7-6-13(10-18-15)20-16(21)14-5-2-8-22-14/h1,3-4,6-7,9-10,14H,2,5,8H2,(H,18,19)(H,20,21). The van der Waals surface area contributed by atoms with Crippen LogP contribution in [0.5, 0.6) is 0 Å². The van der Waals surface area contributed by atoms with Crippen LogP contribution in [0.15, 0.2) is 42.6 Å². The largest absolute Gasteiger partial charge is 0.368 e. The Kier molecular flexibility index (Phi) is 4.29. The van der Waals surface area contributed by atoms with Gasteiger partial charge in [-0.1, -0.05) is 6.07 Å². The van der Waals surface area contributed by atoms with Crippen molar-refractivity contribution in [1.29, 1.82) is 0 Å². The number of pyridine rings is 1. The van der Waals surface area contributed by atoms with E-state index in [-0.39, 0.29) is 17.8 Å². The molecule has 0 saturated carbocycles. The smallest absolute Gasteiger partial charge is 0.253 e. The minimum atomic E-state index is -0.370. The SMILES string of the molecule is O=C(Nc1ccc(Nc2cccc(F)c2)nc1)C1CCCO1. The van der Waals surface area contributed by atoms with Crippen molar-refractivity contribution in [3.05, 3.63) is 48.4 Å². The predicted octanol–water partition coefficient (Wildman–Crippen LogP) is 3.08. The lowest BCUT2D eigenvalue weighted by Crippen LogP contribution is -2.26. The van der Waals surface area contributed by atoms with Gasteiger partial charge in [0.2, 0.25) is 0 Å². The lowest BCUT2D eigenvalue weighted by atomic mass is 10.2. The molecular weight excluding hydrogens is 285 g/mol. The number of halogens is 1. The number of rotatable bonds is 4. The Balaban J connectivity index is 1.61. The van der Waals surface area contributed by atoms with Crippen LogP contribution in [0.1, 0.15) is 12.8 Å². The van der Waals surface area contributed by atoms with Gasteiger partial charge in [-0.15, -0.1) is 0 Å². The summed E-state index contributed by atoms with van der Waals surface area (Å²) in [6.45, 7) is 0.632. The normalized spacial score (nSPS) is 17.2. The summed E-state index contributed by atoms with van der Waals surface area (Å²) in [5.41, 5.74) is 1.22. The monoisotopic (exact) mass is 301 g/mol. The predicted molar refractivity (Wildman–Crippen MR) is 81.5 cm³/mol. The minimum Gasteiger partial charge on any atom is -0.368 e. The second kappa shape index (κ2) is 6.53. The first-order valence-electron chi connectivity index (χ1n) is 7.12. The lowest BCUT2D eigenvalue weighted by Gasteiger charge is -2.11. The van der Waals surface area contributed by atoms with Gasteiger partial charge < -0.3 is 15.4 Å². The quantitative estimate of drug-likeness (QED) is 0.911. The average molecular weight is 301 g/mol. The first-order valence-corrected chi connectivity index (χ1v) is 7.12. The van der Waals surface area contributed by atoms with Gasteiger partial charge in [-0.2, -0.15) is 0 Å². The highest BCUT2D eigenvalue weighted by Crippen LogP contribution is 2.18. The van der Waals surface area contributed by atoms with Crippen LogP contribution in [0.2, 0.25) is 0 Å². The van der Waals surface area contributed by atoms with Gasteiger partial charge >= 0.3 is 0 Å². The third-order valence-corrected chi connectivity index (χ3v) is 3.35. The molecule has 1 atom stereocenters. The fraction of sp³-hybridized carbons (Fsp3) is 0.250. The van der Waals surface area contributed by atoms with Gasteiger partial charge in [0.05, 0.1) is 11.9 Å². The summed E-state index contributed by atoms with van der Waals surface area (Å²) in [6.07, 6.45) is 2.84. The van der Waals surface area contributed by atoms with Crippen molar-refractivity contribution < 1.29 is 13.9 Å². The maximum absolute atomic E-state index is 13.1. The van der Waals surface area contributed by atoms with E-state index in [0.29, 0.717) is 23.8 Å². The van der Waals surface area contributed by atoms with Crippen molar-refractivity contribution in [2.24, 2.45) is 0 Å². The highest BCUT2D eigenvalue weighted by Gasteiger charge is 2.23. The Hall–Kier alpha value is -2.47. The maximum atomic E-state index is 13.1. The Morgan fingerprint density at radius 3 is 2.86 bits per heavy atom. The zero-order valence-corrected chi connectivity index (χ0v) is 11.9. The van der Waals surface area contributed by atoms with E-state index in [9.17, 15) is 9.18 Å². The number of nitrogens with zero attached hydrogens (tertiary/aromatic N) is 1. The third kappa shape index (κ3) is 3.59. The molecule has 114 valence electrons. The van der Waals surface area contributed by atoms with Crippen molar-refractivity contribution in [3.8, 4) is 0 Å². The molecule has 1 aromatic heterocycles. The molecule has 1 aromatic carbocycles. The Morgan fingerprint density at radius 1 is 1.27 bits per heavy atom. The molecule has 3 rings (SSSR count). The molecular formula is C16H16FN3O2. The van der Waals surface area contributed by atoms with Crippen LogP contribution >= 0.6 is 0 Å². The Labute approximate surface area is 127 Å². The Bertz CT molecular complexity index is 655. The minimum absolute atomic E-state index is 0.148. The molecule has 2 N–H and O–H groups in total. The summed E-state index contributed by atoms with van der Waals surface area (Å²) in [5.74, 6) is 0.108. The van der Waals surface area contributed by atoms with Gasteiger partial charge in [0, 0.05) is 12.3 Å². The van der Waals surface area contributed by atoms with E-state index in [1.807, 2.05) is 0 Å². The number of hydrogen-bond acceptors (Lipinski definition) is 4. The van der Waals surface area contributed by atoms with Crippen LogP contribution in [0.4, 0.5) is 21.6 Å². The maximum Gasteiger partial charge on any atom is 0.253 e. The number of carbonyl (C=O) groups is 1. The average Bonchev–Trinajstić information content (AvgIpc) is 3.04. The molecule has 1 aliphatic heterocycles. The Morgan fingerprint density at radius 2 is 2.18 bits per heavy atom. The molecule has 0 radical (unpaired) electrons. The first-order chi connectivity index (χ1) is 10.7. The number of anilines is 3. The topological polar surface area (TPSA) is 63.2 Å². The second-order valence-electron chi connectivity index (χ2n) is 5.06. The zero-order valence-electron chi connectivity index (χ0n) is 11.9. The molecule has 0 bridgehead atoms. The lowest BCUT2D eigenvalue weighted by molar-refractivity contribution is -0.124. The summed E-state index contributed by atoms with van der Waals surface area (Å²) < 4.78 is 18.4. The molecule has 5 nitrogen and oxygen atoms in total.